The van der Waals surface area contributed by atoms with Gasteiger partial charge in [-0.05, 0) is 48.9 Å². The first-order valence-electron chi connectivity index (χ1n) is 8.89. The molecular formula is C22H19N3O3. The van der Waals surface area contributed by atoms with Gasteiger partial charge < -0.3 is 14.3 Å². The molecule has 0 fully saturated rings. The summed E-state index contributed by atoms with van der Waals surface area (Å²) in [6.45, 7) is 1.89. The Morgan fingerprint density at radius 2 is 1.86 bits per heavy atom. The standard InChI is InChI=1S/C22H19N3O3/c1-13-10-15-6-4-5-9-25(15)19(13)20(26)14-7-8-18-16(11-14)21(27)17(12-24(18)3)22(28)23-2/h4-12H,1-3H3,(H,23,28). The minimum Gasteiger partial charge on any atom is -0.355 e. The van der Waals surface area contributed by atoms with Crippen LogP contribution in [0.4, 0.5) is 0 Å². The zero-order valence-electron chi connectivity index (χ0n) is 15.8. The summed E-state index contributed by atoms with van der Waals surface area (Å²) in [6, 6.07) is 12.7. The van der Waals surface area contributed by atoms with Gasteiger partial charge in [-0.3, -0.25) is 14.4 Å². The van der Waals surface area contributed by atoms with Crippen LogP contribution in [-0.4, -0.2) is 27.7 Å². The summed E-state index contributed by atoms with van der Waals surface area (Å²) in [7, 11) is 3.24. The zero-order chi connectivity index (χ0) is 20.0. The van der Waals surface area contributed by atoms with E-state index in [4.69, 9.17) is 0 Å². The van der Waals surface area contributed by atoms with Gasteiger partial charge in [-0.15, -0.1) is 0 Å². The maximum Gasteiger partial charge on any atom is 0.256 e. The number of pyridine rings is 2. The minimum atomic E-state index is -0.451. The Balaban J connectivity index is 1.93. The van der Waals surface area contributed by atoms with Crippen molar-refractivity contribution >= 4 is 28.1 Å². The van der Waals surface area contributed by atoms with Crippen LogP contribution in [0.5, 0.6) is 0 Å². The van der Waals surface area contributed by atoms with E-state index in [0.717, 1.165) is 11.1 Å². The highest BCUT2D eigenvalue weighted by atomic mass is 16.2. The van der Waals surface area contributed by atoms with Crippen molar-refractivity contribution in [3.63, 3.8) is 0 Å². The molecule has 28 heavy (non-hydrogen) atoms. The number of carbonyl (C=O) groups excluding carboxylic acids is 2. The first kappa shape index (κ1) is 17.7. The Morgan fingerprint density at radius 1 is 1.07 bits per heavy atom. The van der Waals surface area contributed by atoms with Crippen LogP contribution in [0.1, 0.15) is 32.0 Å². The molecule has 0 bridgehead atoms. The number of ketones is 1. The summed E-state index contributed by atoms with van der Waals surface area (Å²) >= 11 is 0. The van der Waals surface area contributed by atoms with Crippen molar-refractivity contribution in [2.75, 3.05) is 7.05 Å². The van der Waals surface area contributed by atoms with E-state index in [9.17, 15) is 14.4 Å². The fourth-order valence-electron chi connectivity index (χ4n) is 3.61. The van der Waals surface area contributed by atoms with E-state index >= 15 is 0 Å². The molecule has 1 aromatic carbocycles. The Kier molecular flexibility index (Phi) is 4.11. The maximum absolute atomic E-state index is 13.2. The lowest BCUT2D eigenvalue weighted by atomic mass is 10.0. The van der Waals surface area contributed by atoms with Crippen molar-refractivity contribution in [2.45, 2.75) is 6.92 Å². The highest BCUT2D eigenvalue weighted by Gasteiger charge is 2.19. The van der Waals surface area contributed by atoms with E-state index in [0.29, 0.717) is 22.2 Å². The number of aryl methyl sites for hydroxylation is 2. The van der Waals surface area contributed by atoms with Gasteiger partial charge in [0.2, 0.25) is 11.2 Å². The summed E-state index contributed by atoms with van der Waals surface area (Å²) in [4.78, 5) is 38.1. The van der Waals surface area contributed by atoms with Gasteiger partial charge in [0, 0.05) is 43.0 Å². The smallest absolute Gasteiger partial charge is 0.256 e. The third kappa shape index (κ3) is 2.62. The lowest BCUT2D eigenvalue weighted by Crippen LogP contribution is -2.26. The Labute approximate surface area is 161 Å². The number of nitrogens with zero attached hydrogens (tertiary/aromatic N) is 2. The molecule has 6 nitrogen and oxygen atoms in total. The average Bonchev–Trinajstić information content (AvgIpc) is 3.04. The van der Waals surface area contributed by atoms with Crippen LogP contribution in [-0.2, 0) is 7.05 Å². The molecular weight excluding hydrogens is 354 g/mol. The number of hydrogen-bond donors (Lipinski definition) is 1. The maximum atomic E-state index is 13.2. The molecule has 0 aliphatic heterocycles. The molecule has 0 aliphatic carbocycles. The molecule has 4 rings (SSSR count). The average molecular weight is 373 g/mol. The van der Waals surface area contributed by atoms with Crippen molar-refractivity contribution in [1.82, 2.24) is 14.3 Å². The molecule has 6 heteroatoms. The van der Waals surface area contributed by atoms with Crippen LogP contribution in [0, 0.1) is 6.92 Å². The first-order valence-corrected chi connectivity index (χ1v) is 8.89. The van der Waals surface area contributed by atoms with Crippen molar-refractivity contribution in [3.05, 3.63) is 87.5 Å². The van der Waals surface area contributed by atoms with Crippen LogP contribution in [0.3, 0.4) is 0 Å². The lowest BCUT2D eigenvalue weighted by molar-refractivity contribution is 0.0960. The number of carbonyl (C=O) groups is 2. The van der Waals surface area contributed by atoms with Gasteiger partial charge in [0.05, 0.1) is 11.2 Å². The molecule has 1 N–H and O–H groups in total. The fourth-order valence-corrected chi connectivity index (χ4v) is 3.61. The number of nitrogens with one attached hydrogen (secondary N) is 1. The minimum absolute atomic E-state index is 0.0476. The van der Waals surface area contributed by atoms with Crippen LogP contribution in [0.25, 0.3) is 16.4 Å². The lowest BCUT2D eigenvalue weighted by Gasteiger charge is -2.10. The van der Waals surface area contributed by atoms with E-state index in [-0.39, 0.29) is 16.8 Å². The molecule has 0 atom stereocenters. The molecule has 0 saturated carbocycles. The molecule has 0 aliphatic rings. The van der Waals surface area contributed by atoms with Crippen LogP contribution < -0.4 is 10.7 Å². The molecule has 0 spiro atoms. The molecule has 0 radical (unpaired) electrons. The van der Waals surface area contributed by atoms with Crippen LogP contribution >= 0.6 is 0 Å². The molecule has 3 aromatic heterocycles. The van der Waals surface area contributed by atoms with E-state index in [1.807, 2.05) is 41.8 Å². The van der Waals surface area contributed by atoms with Gasteiger partial charge in [-0.1, -0.05) is 6.07 Å². The van der Waals surface area contributed by atoms with E-state index < -0.39 is 5.91 Å². The second-order valence-electron chi connectivity index (χ2n) is 6.79. The van der Waals surface area contributed by atoms with Gasteiger partial charge in [0.1, 0.15) is 5.56 Å². The predicted octanol–water partition coefficient (Wildman–Crippen LogP) is 2.69. The quantitative estimate of drug-likeness (QED) is 0.561. The van der Waals surface area contributed by atoms with Gasteiger partial charge in [-0.25, -0.2) is 0 Å². The molecule has 1 amide bonds. The number of rotatable bonds is 3. The van der Waals surface area contributed by atoms with Crippen molar-refractivity contribution in [3.8, 4) is 0 Å². The Hall–Kier alpha value is -3.67. The first-order chi connectivity index (χ1) is 13.4. The summed E-state index contributed by atoms with van der Waals surface area (Å²) in [5.74, 6) is -0.620. The second-order valence-corrected chi connectivity index (χ2v) is 6.79. The van der Waals surface area contributed by atoms with E-state index in [1.165, 1.54) is 13.2 Å². The summed E-state index contributed by atoms with van der Waals surface area (Å²) < 4.78 is 3.56. The topological polar surface area (TPSA) is 72.6 Å². The number of aromatic nitrogens is 2. The Morgan fingerprint density at radius 3 is 2.61 bits per heavy atom. The number of fused-ring (bicyclic) bond motifs is 2. The second kappa shape index (κ2) is 6.49. The monoisotopic (exact) mass is 373 g/mol. The van der Waals surface area contributed by atoms with Gasteiger partial charge in [-0.2, -0.15) is 0 Å². The van der Waals surface area contributed by atoms with Gasteiger partial charge >= 0.3 is 0 Å². The highest BCUT2D eigenvalue weighted by Crippen LogP contribution is 2.21. The number of benzene rings is 1. The summed E-state index contributed by atoms with van der Waals surface area (Å²) in [6.07, 6.45) is 3.36. The molecule has 3 heterocycles. The normalized spacial score (nSPS) is 11.1. The van der Waals surface area contributed by atoms with Crippen molar-refractivity contribution in [1.29, 1.82) is 0 Å². The molecule has 0 saturated heterocycles. The molecule has 4 aromatic rings. The summed E-state index contributed by atoms with van der Waals surface area (Å²) in [5.41, 5.74) is 3.08. The third-order valence-corrected chi connectivity index (χ3v) is 5.01. The number of hydrogen-bond acceptors (Lipinski definition) is 3. The third-order valence-electron chi connectivity index (χ3n) is 5.01. The van der Waals surface area contributed by atoms with Gasteiger partial charge in [0.15, 0.2) is 0 Å². The zero-order valence-corrected chi connectivity index (χ0v) is 15.8. The summed E-state index contributed by atoms with van der Waals surface area (Å²) in [5, 5.41) is 2.82. The van der Waals surface area contributed by atoms with Gasteiger partial charge in [0.25, 0.3) is 5.91 Å². The van der Waals surface area contributed by atoms with Crippen molar-refractivity contribution in [2.24, 2.45) is 7.05 Å². The largest absolute Gasteiger partial charge is 0.355 e. The highest BCUT2D eigenvalue weighted by molar-refractivity contribution is 6.11. The van der Waals surface area contributed by atoms with Crippen molar-refractivity contribution < 1.29 is 9.59 Å². The van der Waals surface area contributed by atoms with Crippen LogP contribution in [0.15, 0.2) is 59.7 Å². The fraction of sp³-hybridized carbons (Fsp3) is 0.136. The molecule has 0 unspecified atom stereocenters. The SMILES string of the molecule is CNC(=O)c1cn(C)c2ccc(C(=O)c3c(C)cc4ccccn34)cc2c1=O. The number of amides is 1. The van der Waals surface area contributed by atoms with Crippen LogP contribution in [0.2, 0.25) is 0 Å². The molecule has 140 valence electrons. The predicted molar refractivity (Wildman–Crippen MR) is 108 cm³/mol. The Bertz CT molecular complexity index is 1330. The van der Waals surface area contributed by atoms with E-state index in [1.54, 1.807) is 29.8 Å². The van der Waals surface area contributed by atoms with E-state index in [2.05, 4.69) is 5.32 Å².